The van der Waals surface area contributed by atoms with Crippen molar-refractivity contribution < 1.29 is 19.7 Å². The van der Waals surface area contributed by atoms with E-state index in [0.29, 0.717) is 0 Å². The molecule has 0 aromatic heterocycles. The Hall–Kier alpha value is -0.810. The van der Waals surface area contributed by atoms with Gasteiger partial charge in [-0.3, -0.25) is 0 Å². The van der Waals surface area contributed by atoms with Crippen LogP contribution in [0.4, 0.5) is 4.79 Å². The molecule has 0 heterocycles. The summed E-state index contributed by atoms with van der Waals surface area (Å²) in [7, 11) is 0. The number of rotatable bonds is 3. The summed E-state index contributed by atoms with van der Waals surface area (Å²) in [6, 6.07) is -0.533. The van der Waals surface area contributed by atoms with Crippen LogP contribution in [0.15, 0.2) is 0 Å². The van der Waals surface area contributed by atoms with E-state index in [1.54, 1.807) is 27.7 Å². The van der Waals surface area contributed by atoms with E-state index in [1.807, 2.05) is 0 Å². The van der Waals surface area contributed by atoms with Crippen molar-refractivity contribution in [3.8, 4) is 0 Å². The molecule has 0 rings (SSSR count). The van der Waals surface area contributed by atoms with E-state index in [-0.39, 0.29) is 0 Å². The molecule has 14 heavy (non-hydrogen) atoms. The number of hydrogen-bond donors (Lipinski definition) is 3. The van der Waals surface area contributed by atoms with Crippen LogP contribution in [-0.4, -0.2) is 40.7 Å². The van der Waals surface area contributed by atoms with Gasteiger partial charge in [0.1, 0.15) is 5.60 Å². The lowest BCUT2D eigenvalue weighted by atomic mass is 10.2. The summed E-state index contributed by atoms with van der Waals surface area (Å²) in [6.45, 7) is 6.45. The number of carbonyl (C=O) groups is 1. The van der Waals surface area contributed by atoms with Crippen molar-refractivity contribution >= 4 is 6.09 Å². The number of carbonyl (C=O) groups excluding carboxylic acids is 1. The van der Waals surface area contributed by atoms with E-state index in [0.717, 1.165) is 0 Å². The maximum atomic E-state index is 11.2. The quantitative estimate of drug-likeness (QED) is 0.617. The minimum absolute atomic E-state index is 0.392. The summed E-state index contributed by atoms with van der Waals surface area (Å²) >= 11 is 0. The molecule has 2 atom stereocenters. The van der Waals surface area contributed by atoms with Crippen LogP contribution in [0.25, 0.3) is 0 Å². The minimum Gasteiger partial charge on any atom is -0.444 e. The molecule has 3 N–H and O–H groups in total. The molecule has 0 spiro atoms. The van der Waals surface area contributed by atoms with Gasteiger partial charge in [0, 0.05) is 0 Å². The average molecular weight is 205 g/mol. The molecule has 0 aromatic carbocycles. The Morgan fingerprint density at radius 2 is 2.00 bits per heavy atom. The molecule has 0 aliphatic rings. The lowest BCUT2D eigenvalue weighted by molar-refractivity contribution is 0.0347. The van der Waals surface area contributed by atoms with Gasteiger partial charge in [-0.05, 0) is 27.7 Å². The Balaban J connectivity index is 3.95. The third kappa shape index (κ3) is 5.77. The largest absolute Gasteiger partial charge is 0.444 e. The van der Waals surface area contributed by atoms with Gasteiger partial charge in [0.05, 0.1) is 18.8 Å². The van der Waals surface area contributed by atoms with Crippen LogP contribution in [0.3, 0.4) is 0 Å². The second kappa shape index (κ2) is 5.17. The molecule has 84 valence electrons. The van der Waals surface area contributed by atoms with Crippen molar-refractivity contribution in [1.29, 1.82) is 0 Å². The van der Waals surface area contributed by atoms with Crippen LogP contribution in [-0.2, 0) is 4.74 Å². The molecular formula is C9H19NO4. The van der Waals surface area contributed by atoms with Crippen molar-refractivity contribution in [3.63, 3.8) is 0 Å². The zero-order valence-electron chi connectivity index (χ0n) is 9.07. The summed E-state index contributed by atoms with van der Waals surface area (Å²) in [6.07, 6.45) is -1.57. The van der Waals surface area contributed by atoms with Crippen LogP contribution in [0.2, 0.25) is 0 Å². The van der Waals surface area contributed by atoms with Crippen LogP contribution in [0, 0.1) is 0 Å². The van der Waals surface area contributed by atoms with Crippen LogP contribution in [0.1, 0.15) is 27.7 Å². The molecule has 0 aliphatic carbocycles. The summed E-state index contributed by atoms with van der Waals surface area (Å²) < 4.78 is 4.96. The first-order valence-electron chi connectivity index (χ1n) is 4.54. The van der Waals surface area contributed by atoms with E-state index in [1.165, 1.54) is 0 Å². The highest BCUT2D eigenvalue weighted by atomic mass is 16.6. The molecule has 5 nitrogen and oxygen atoms in total. The van der Waals surface area contributed by atoms with Gasteiger partial charge in [-0.2, -0.15) is 0 Å². The second-order valence-corrected chi connectivity index (χ2v) is 4.18. The first kappa shape index (κ1) is 13.2. The fourth-order valence-corrected chi connectivity index (χ4v) is 0.748. The molecule has 0 aromatic rings. The SMILES string of the molecule is C[C@@H](NC(=O)OC(C)(C)C)[C@H](O)CO. The van der Waals surface area contributed by atoms with Crippen LogP contribution in [0.5, 0.6) is 0 Å². The molecule has 0 fully saturated rings. The van der Waals surface area contributed by atoms with Crippen molar-refractivity contribution in [2.75, 3.05) is 6.61 Å². The Morgan fingerprint density at radius 3 is 2.36 bits per heavy atom. The highest BCUT2D eigenvalue weighted by Gasteiger charge is 2.20. The minimum atomic E-state index is -0.970. The van der Waals surface area contributed by atoms with Crippen molar-refractivity contribution in [2.24, 2.45) is 0 Å². The monoisotopic (exact) mass is 205 g/mol. The molecule has 0 saturated carbocycles. The molecule has 0 aliphatic heterocycles. The van der Waals surface area contributed by atoms with Gasteiger partial charge in [-0.1, -0.05) is 0 Å². The molecule has 5 heteroatoms. The van der Waals surface area contributed by atoms with Gasteiger partial charge < -0.3 is 20.3 Å². The average Bonchev–Trinajstić information content (AvgIpc) is 1.99. The van der Waals surface area contributed by atoms with E-state index >= 15 is 0 Å². The number of aliphatic hydroxyl groups is 2. The van der Waals surface area contributed by atoms with E-state index < -0.39 is 30.4 Å². The molecule has 1 amide bonds. The van der Waals surface area contributed by atoms with Crippen molar-refractivity contribution in [1.82, 2.24) is 5.32 Å². The molecule has 0 saturated heterocycles. The number of nitrogens with one attached hydrogen (secondary N) is 1. The number of aliphatic hydroxyl groups excluding tert-OH is 2. The van der Waals surface area contributed by atoms with Gasteiger partial charge in [0.2, 0.25) is 0 Å². The third-order valence-corrected chi connectivity index (χ3v) is 1.51. The fraction of sp³-hybridized carbons (Fsp3) is 0.889. The van der Waals surface area contributed by atoms with Gasteiger partial charge >= 0.3 is 6.09 Å². The standard InChI is InChI=1S/C9H19NO4/c1-6(7(12)5-11)10-8(13)14-9(2,3)4/h6-7,11-12H,5H2,1-4H3,(H,10,13)/t6-,7-/m1/s1. The predicted molar refractivity (Wildman–Crippen MR) is 51.9 cm³/mol. The molecule has 0 unspecified atom stereocenters. The smallest absolute Gasteiger partial charge is 0.407 e. The Labute approximate surface area is 84.1 Å². The molecular weight excluding hydrogens is 186 g/mol. The summed E-state index contributed by atoms with van der Waals surface area (Å²) in [4.78, 5) is 11.2. The fourth-order valence-electron chi connectivity index (χ4n) is 0.748. The van der Waals surface area contributed by atoms with Gasteiger partial charge in [-0.15, -0.1) is 0 Å². The summed E-state index contributed by atoms with van der Waals surface area (Å²) in [5.74, 6) is 0. The molecule has 0 radical (unpaired) electrons. The number of hydrogen-bond acceptors (Lipinski definition) is 4. The van der Waals surface area contributed by atoms with Crippen molar-refractivity contribution in [3.05, 3.63) is 0 Å². The normalized spacial score (nSPS) is 15.9. The van der Waals surface area contributed by atoms with Gasteiger partial charge in [0.15, 0.2) is 0 Å². The lowest BCUT2D eigenvalue weighted by Gasteiger charge is -2.23. The Morgan fingerprint density at radius 1 is 1.50 bits per heavy atom. The highest BCUT2D eigenvalue weighted by Crippen LogP contribution is 2.07. The topological polar surface area (TPSA) is 78.8 Å². The van der Waals surface area contributed by atoms with Crippen molar-refractivity contribution in [2.45, 2.75) is 45.4 Å². The van der Waals surface area contributed by atoms with Gasteiger partial charge in [-0.25, -0.2) is 4.79 Å². The first-order chi connectivity index (χ1) is 6.26. The zero-order chi connectivity index (χ0) is 11.4. The summed E-state index contributed by atoms with van der Waals surface area (Å²) in [5.41, 5.74) is -0.562. The zero-order valence-corrected chi connectivity index (χ0v) is 9.07. The summed E-state index contributed by atoms with van der Waals surface area (Å²) in [5, 5.41) is 20.2. The Kier molecular flexibility index (Phi) is 4.87. The van der Waals surface area contributed by atoms with Crippen LogP contribution >= 0.6 is 0 Å². The first-order valence-corrected chi connectivity index (χ1v) is 4.54. The molecule has 0 bridgehead atoms. The second-order valence-electron chi connectivity index (χ2n) is 4.18. The maximum absolute atomic E-state index is 11.2. The number of ether oxygens (including phenoxy) is 1. The number of amides is 1. The van der Waals surface area contributed by atoms with Crippen LogP contribution < -0.4 is 5.32 Å². The number of alkyl carbamates (subject to hydrolysis) is 1. The third-order valence-electron chi connectivity index (χ3n) is 1.51. The van der Waals surface area contributed by atoms with E-state index in [9.17, 15) is 4.79 Å². The Bertz CT molecular complexity index is 188. The van der Waals surface area contributed by atoms with E-state index in [4.69, 9.17) is 14.9 Å². The highest BCUT2D eigenvalue weighted by molar-refractivity contribution is 5.68. The van der Waals surface area contributed by atoms with Gasteiger partial charge in [0.25, 0.3) is 0 Å². The maximum Gasteiger partial charge on any atom is 0.407 e. The predicted octanol–water partition coefficient (Wildman–Crippen LogP) is 0.253. The van der Waals surface area contributed by atoms with E-state index in [2.05, 4.69) is 5.32 Å². The lowest BCUT2D eigenvalue weighted by Crippen LogP contribution is -2.44.